The van der Waals surface area contributed by atoms with Gasteiger partial charge in [0.05, 0.1) is 31.2 Å². The maximum absolute atomic E-state index is 13.4. The summed E-state index contributed by atoms with van der Waals surface area (Å²) in [5, 5.41) is 6.40. The lowest BCUT2D eigenvalue weighted by atomic mass is 10.1. The molecule has 2 N–H and O–H groups in total. The van der Waals surface area contributed by atoms with Crippen molar-refractivity contribution in [2.45, 2.75) is 40.0 Å². The molecule has 4 amide bonds. The van der Waals surface area contributed by atoms with Crippen molar-refractivity contribution in [3.8, 4) is 5.75 Å². The maximum atomic E-state index is 13.4. The van der Waals surface area contributed by atoms with E-state index in [2.05, 4.69) is 10.6 Å². The molecule has 1 aliphatic heterocycles. The molecule has 1 heterocycles. The van der Waals surface area contributed by atoms with Crippen LogP contribution in [-0.4, -0.2) is 54.4 Å². The van der Waals surface area contributed by atoms with Gasteiger partial charge in [0.25, 0.3) is 0 Å². The Morgan fingerprint density at radius 1 is 1.20 bits per heavy atom. The molecule has 0 aliphatic carbocycles. The second kappa shape index (κ2) is 11.8. The summed E-state index contributed by atoms with van der Waals surface area (Å²) in [4.78, 5) is 40.7. The average molecular weight is 503 g/mol. The molecule has 9 nitrogen and oxygen atoms in total. The van der Waals surface area contributed by atoms with Crippen LogP contribution < -0.4 is 15.4 Å². The van der Waals surface area contributed by atoms with Crippen molar-refractivity contribution in [2.24, 2.45) is 5.92 Å². The number of rotatable bonds is 10. The van der Waals surface area contributed by atoms with Crippen LogP contribution in [0.4, 0.5) is 15.3 Å². The lowest BCUT2D eigenvalue weighted by Crippen LogP contribution is -2.67. The number of urea groups is 2. The zero-order chi connectivity index (χ0) is 25.5. The summed E-state index contributed by atoms with van der Waals surface area (Å²) in [6.07, 6.45) is 0.00507. The molecule has 1 aliphatic rings. The first-order valence-electron chi connectivity index (χ1n) is 11.4. The Balaban J connectivity index is 1.85. The van der Waals surface area contributed by atoms with E-state index in [0.717, 1.165) is 22.4 Å². The number of anilines is 1. The van der Waals surface area contributed by atoms with Gasteiger partial charge in [-0.05, 0) is 37.1 Å². The Morgan fingerprint density at radius 3 is 2.54 bits per heavy atom. The average Bonchev–Trinajstić information content (AvgIpc) is 2.84. The van der Waals surface area contributed by atoms with Gasteiger partial charge >= 0.3 is 18.0 Å². The van der Waals surface area contributed by atoms with E-state index in [1.54, 1.807) is 25.1 Å². The summed E-state index contributed by atoms with van der Waals surface area (Å²) in [5.41, 5.74) is 2.58. The number of ether oxygens (including phenoxy) is 2. The molecule has 1 fully saturated rings. The van der Waals surface area contributed by atoms with Crippen LogP contribution in [0.3, 0.4) is 0 Å². The second-order valence-corrected chi connectivity index (χ2v) is 8.83. The highest BCUT2D eigenvalue weighted by molar-refractivity contribution is 6.32. The van der Waals surface area contributed by atoms with Gasteiger partial charge in [-0.1, -0.05) is 55.3 Å². The van der Waals surface area contributed by atoms with Crippen molar-refractivity contribution in [1.29, 1.82) is 0 Å². The molecule has 2 aromatic carbocycles. The molecular formula is C25H31ClN4O5. The van der Waals surface area contributed by atoms with Gasteiger partial charge in [-0.15, -0.1) is 0 Å². The zero-order valence-electron chi connectivity index (χ0n) is 20.3. The predicted molar refractivity (Wildman–Crippen MR) is 133 cm³/mol. The van der Waals surface area contributed by atoms with Gasteiger partial charge in [0.2, 0.25) is 0 Å². The normalized spacial score (nSPS) is 16.5. The number of carbonyl (C=O) groups is 3. The summed E-state index contributed by atoms with van der Waals surface area (Å²) in [7, 11) is 1.27. The largest absolute Gasteiger partial charge is 0.492 e. The SMILES string of the molecule is CCCOc1ccc(NC2NC(=O)N(C[C@H](C)C(=O)OC)C(=O)N2Cc2ccc(C)cc2)cc1Cl. The van der Waals surface area contributed by atoms with E-state index in [1.807, 2.05) is 38.1 Å². The molecule has 2 aromatic rings. The Bertz CT molecular complexity index is 1060. The van der Waals surface area contributed by atoms with Crippen LogP contribution >= 0.6 is 11.6 Å². The van der Waals surface area contributed by atoms with Gasteiger partial charge in [0.1, 0.15) is 5.75 Å². The molecular weight excluding hydrogens is 472 g/mol. The number of hydrogen-bond donors (Lipinski definition) is 2. The van der Waals surface area contributed by atoms with E-state index >= 15 is 0 Å². The van der Waals surface area contributed by atoms with Crippen molar-refractivity contribution < 1.29 is 23.9 Å². The number of nitrogens with zero attached hydrogens (tertiary/aromatic N) is 2. The highest BCUT2D eigenvalue weighted by Crippen LogP contribution is 2.29. The van der Waals surface area contributed by atoms with E-state index < -0.39 is 30.2 Å². The molecule has 0 saturated carbocycles. The van der Waals surface area contributed by atoms with Crippen LogP contribution in [0.5, 0.6) is 5.75 Å². The van der Waals surface area contributed by atoms with Gasteiger partial charge in [-0.3, -0.25) is 15.0 Å². The first-order valence-corrected chi connectivity index (χ1v) is 11.8. The number of hydrogen-bond acceptors (Lipinski definition) is 6. The fraction of sp³-hybridized carbons (Fsp3) is 0.400. The molecule has 0 radical (unpaired) electrons. The fourth-order valence-corrected chi connectivity index (χ4v) is 3.81. The van der Waals surface area contributed by atoms with E-state index in [1.165, 1.54) is 12.0 Å². The molecule has 0 spiro atoms. The number of imide groups is 1. The minimum Gasteiger partial charge on any atom is -0.492 e. The first-order chi connectivity index (χ1) is 16.7. The quantitative estimate of drug-likeness (QED) is 0.461. The predicted octanol–water partition coefficient (Wildman–Crippen LogP) is 4.59. The van der Waals surface area contributed by atoms with E-state index in [9.17, 15) is 14.4 Å². The number of esters is 1. The van der Waals surface area contributed by atoms with E-state index in [-0.39, 0.29) is 13.1 Å². The van der Waals surface area contributed by atoms with Crippen molar-refractivity contribution in [3.05, 3.63) is 58.6 Å². The maximum Gasteiger partial charge on any atom is 0.331 e. The number of halogens is 1. The lowest BCUT2D eigenvalue weighted by Gasteiger charge is -2.42. The van der Waals surface area contributed by atoms with Crippen LogP contribution in [0.25, 0.3) is 0 Å². The van der Waals surface area contributed by atoms with Gasteiger partial charge in [-0.2, -0.15) is 0 Å². The third-order valence-corrected chi connectivity index (χ3v) is 5.82. The van der Waals surface area contributed by atoms with Crippen molar-refractivity contribution in [1.82, 2.24) is 15.1 Å². The van der Waals surface area contributed by atoms with Crippen molar-refractivity contribution in [3.63, 3.8) is 0 Å². The highest BCUT2D eigenvalue weighted by Gasteiger charge is 2.39. The second-order valence-electron chi connectivity index (χ2n) is 8.42. The summed E-state index contributed by atoms with van der Waals surface area (Å²) in [5.74, 6) is -0.617. The lowest BCUT2D eigenvalue weighted by molar-refractivity contribution is -0.145. The third kappa shape index (κ3) is 6.57. The van der Waals surface area contributed by atoms with Crippen LogP contribution in [0.2, 0.25) is 5.02 Å². The number of carbonyl (C=O) groups excluding carboxylic acids is 3. The Morgan fingerprint density at radius 2 is 1.91 bits per heavy atom. The first kappa shape index (κ1) is 26.2. The minimum atomic E-state index is -0.848. The van der Waals surface area contributed by atoms with Crippen LogP contribution in [0, 0.1) is 12.8 Å². The fourth-order valence-electron chi connectivity index (χ4n) is 3.58. The molecule has 0 bridgehead atoms. The Kier molecular flexibility index (Phi) is 8.81. The summed E-state index contributed by atoms with van der Waals surface area (Å²) >= 11 is 6.36. The molecule has 0 aromatic heterocycles. The van der Waals surface area contributed by atoms with E-state index in [4.69, 9.17) is 21.1 Å². The minimum absolute atomic E-state index is 0.107. The molecule has 1 unspecified atom stereocenters. The van der Waals surface area contributed by atoms with Crippen LogP contribution in [0.15, 0.2) is 42.5 Å². The standard InChI is InChI=1S/C25H31ClN4O5/c1-5-12-35-21-11-10-19(13-20(21)26)27-23-28-24(32)30(14-17(3)22(31)34-4)25(33)29(23)15-18-8-6-16(2)7-9-18/h6-11,13,17,23,27H,5,12,14-15H2,1-4H3,(H,28,32)/t17-,23?/m0/s1. The van der Waals surface area contributed by atoms with Crippen LogP contribution in [-0.2, 0) is 16.1 Å². The van der Waals surface area contributed by atoms with Crippen LogP contribution in [0.1, 0.15) is 31.4 Å². The Hall–Kier alpha value is -3.46. The summed E-state index contributed by atoms with van der Waals surface area (Å²) in [6.45, 7) is 6.25. The van der Waals surface area contributed by atoms with Crippen molar-refractivity contribution >= 4 is 35.3 Å². The molecule has 2 atom stereocenters. The number of amides is 4. The van der Waals surface area contributed by atoms with Gasteiger partial charge in [0.15, 0.2) is 6.29 Å². The summed E-state index contributed by atoms with van der Waals surface area (Å²) < 4.78 is 10.4. The molecule has 35 heavy (non-hydrogen) atoms. The number of benzene rings is 2. The topological polar surface area (TPSA) is 100 Å². The monoisotopic (exact) mass is 502 g/mol. The number of methoxy groups -OCH3 is 1. The zero-order valence-corrected chi connectivity index (χ0v) is 21.1. The molecule has 1 saturated heterocycles. The summed E-state index contributed by atoms with van der Waals surface area (Å²) in [6, 6.07) is 11.8. The molecule has 10 heteroatoms. The van der Waals surface area contributed by atoms with E-state index in [0.29, 0.717) is 23.1 Å². The Labute approximate surface area is 210 Å². The molecule has 188 valence electrons. The third-order valence-electron chi connectivity index (χ3n) is 5.52. The number of nitrogens with one attached hydrogen (secondary N) is 2. The van der Waals surface area contributed by atoms with Crippen molar-refractivity contribution in [2.75, 3.05) is 25.6 Å². The van der Waals surface area contributed by atoms with Gasteiger partial charge in [0, 0.05) is 12.2 Å². The smallest absolute Gasteiger partial charge is 0.331 e. The van der Waals surface area contributed by atoms with Gasteiger partial charge in [-0.25, -0.2) is 14.5 Å². The highest BCUT2D eigenvalue weighted by atomic mass is 35.5. The molecule has 3 rings (SSSR count). The number of aryl methyl sites for hydroxylation is 1. The van der Waals surface area contributed by atoms with Gasteiger partial charge < -0.3 is 14.8 Å².